The van der Waals surface area contributed by atoms with Gasteiger partial charge in [-0.3, -0.25) is 4.79 Å². The average Bonchev–Trinajstić information content (AvgIpc) is 2.73. The lowest BCUT2D eigenvalue weighted by molar-refractivity contribution is -0.137. The van der Waals surface area contributed by atoms with Crippen LogP contribution in [0.1, 0.15) is 28.4 Å². The molecule has 1 heterocycles. The lowest BCUT2D eigenvalue weighted by Gasteiger charge is -2.31. The summed E-state index contributed by atoms with van der Waals surface area (Å²) in [7, 11) is 0. The Morgan fingerprint density at radius 1 is 1.20 bits per heavy atom. The summed E-state index contributed by atoms with van der Waals surface area (Å²) < 4.78 is 41.1. The molecule has 0 spiro atoms. The summed E-state index contributed by atoms with van der Waals surface area (Å²) in [6.07, 6.45) is -4.55. The molecule has 4 nitrogen and oxygen atoms in total. The fourth-order valence-electron chi connectivity index (χ4n) is 3.35. The highest BCUT2D eigenvalue weighted by Gasteiger charge is 2.36. The number of hydrogen-bond acceptors (Lipinski definition) is 4. The van der Waals surface area contributed by atoms with Gasteiger partial charge in [0.05, 0.1) is 5.56 Å². The van der Waals surface area contributed by atoms with Crippen LogP contribution in [0.2, 0.25) is 5.02 Å². The van der Waals surface area contributed by atoms with Crippen molar-refractivity contribution in [2.45, 2.75) is 24.5 Å². The standard InChI is InChI=1S/C21H23ClF3N3OS/c1-2-30-19-6-4-16(22)11-15(19)13-27-20(29)14-3-5-18(17(12-14)21(23,24)25)28-9-7-26-8-10-28/h3-6,11-12,26H,2,7-10,13H2,1H3,(H,27,29). The van der Waals surface area contributed by atoms with E-state index in [2.05, 4.69) is 10.6 Å². The minimum absolute atomic E-state index is 0.0204. The molecule has 1 amide bonds. The third kappa shape index (κ3) is 5.62. The third-order valence-electron chi connectivity index (χ3n) is 4.78. The molecular weight excluding hydrogens is 435 g/mol. The first-order valence-electron chi connectivity index (χ1n) is 9.66. The summed E-state index contributed by atoms with van der Waals surface area (Å²) in [5, 5.41) is 6.38. The van der Waals surface area contributed by atoms with Crippen LogP contribution < -0.4 is 15.5 Å². The molecule has 1 saturated heterocycles. The van der Waals surface area contributed by atoms with E-state index >= 15 is 0 Å². The highest BCUT2D eigenvalue weighted by Crippen LogP contribution is 2.37. The molecule has 30 heavy (non-hydrogen) atoms. The first kappa shape index (κ1) is 22.8. The van der Waals surface area contributed by atoms with Crippen LogP contribution >= 0.6 is 23.4 Å². The molecule has 9 heteroatoms. The molecule has 2 aromatic rings. The Bertz CT molecular complexity index is 902. The van der Waals surface area contributed by atoms with Crippen LogP contribution in [0.3, 0.4) is 0 Å². The van der Waals surface area contributed by atoms with Crippen LogP contribution in [-0.4, -0.2) is 37.8 Å². The topological polar surface area (TPSA) is 44.4 Å². The number of carbonyl (C=O) groups excluding carboxylic acids is 1. The largest absolute Gasteiger partial charge is 0.418 e. The molecule has 3 rings (SSSR count). The first-order chi connectivity index (χ1) is 14.3. The van der Waals surface area contributed by atoms with E-state index in [1.807, 2.05) is 13.0 Å². The maximum atomic E-state index is 13.7. The Morgan fingerprint density at radius 3 is 2.60 bits per heavy atom. The van der Waals surface area contributed by atoms with E-state index in [1.165, 1.54) is 12.1 Å². The van der Waals surface area contributed by atoms with Crippen molar-refractivity contribution in [3.63, 3.8) is 0 Å². The molecule has 162 valence electrons. The van der Waals surface area contributed by atoms with Gasteiger partial charge in [0.15, 0.2) is 0 Å². The lowest BCUT2D eigenvalue weighted by Crippen LogP contribution is -2.44. The zero-order valence-corrected chi connectivity index (χ0v) is 18.1. The summed E-state index contributed by atoms with van der Waals surface area (Å²) >= 11 is 7.67. The number of piperazine rings is 1. The molecule has 0 atom stereocenters. The summed E-state index contributed by atoms with van der Waals surface area (Å²) in [6.45, 7) is 4.42. The molecule has 0 aromatic heterocycles. The highest BCUT2D eigenvalue weighted by molar-refractivity contribution is 7.99. The van der Waals surface area contributed by atoms with Gasteiger partial charge in [-0.2, -0.15) is 13.2 Å². The van der Waals surface area contributed by atoms with E-state index in [-0.39, 0.29) is 17.8 Å². The van der Waals surface area contributed by atoms with Crippen molar-refractivity contribution in [3.05, 3.63) is 58.1 Å². The van der Waals surface area contributed by atoms with Gasteiger partial charge in [0.1, 0.15) is 0 Å². The molecule has 0 radical (unpaired) electrons. The van der Waals surface area contributed by atoms with Crippen LogP contribution in [0.25, 0.3) is 0 Å². The number of carbonyl (C=O) groups is 1. The number of alkyl halides is 3. The van der Waals surface area contributed by atoms with Gasteiger partial charge < -0.3 is 15.5 Å². The molecule has 0 aliphatic carbocycles. The molecule has 0 saturated carbocycles. The molecule has 0 bridgehead atoms. The fraction of sp³-hybridized carbons (Fsp3) is 0.381. The smallest absolute Gasteiger partial charge is 0.368 e. The maximum absolute atomic E-state index is 13.7. The van der Waals surface area contributed by atoms with Gasteiger partial charge in [0.2, 0.25) is 0 Å². The van der Waals surface area contributed by atoms with Gasteiger partial charge in [0.25, 0.3) is 5.91 Å². The second kappa shape index (κ2) is 9.94. The zero-order chi connectivity index (χ0) is 21.7. The molecule has 1 aliphatic rings. The Balaban J connectivity index is 1.80. The van der Waals surface area contributed by atoms with Crippen LogP contribution in [0.15, 0.2) is 41.3 Å². The van der Waals surface area contributed by atoms with Crippen molar-refractivity contribution in [1.29, 1.82) is 0 Å². The Kier molecular flexibility index (Phi) is 7.55. The lowest BCUT2D eigenvalue weighted by atomic mass is 10.1. The molecule has 2 aromatic carbocycles. The molecular formula is C21H23ClF3N3OS. The number of anilines is 1. The predicted octanol–water partition coefficient (Wildman–Crippen LogP) is 4.81. The summed E-state index contributed by atoms with van der Waals surface area (Å²) in [6, 6.07) is 9.18. The normalized spacial score (nSPS) is 14.6. The Morgan fingerprint density at radius 2 is 1.93 bits per heavy atom. The van der Waals surface area contributed by atoms with Gasteiger partial charge in [-0.05, 0) is 47.7 Å². The quantitative estimate of drug-likeness (QED) is 0.611. The van der Waals surface area contributed by atoms with E-state index in [1.54, 1.807) is 28.8 Å². The zero-order valence-electron chi connectivity index (χ0n) is 16.5. The molecule has 0 unspecified atom stereocenters. The van der Waals surface area contributed by atoms with E-state index in [0.29, 0.717) is 31.2 Å². The Hall–Kier alpha value is -1.90. The fourth-order valence-corrected chi connectivity index (χ4v) is 4.33. The monoisotopic (exact) mass is 457 g/mol. The summed E-state index contributed by atoms with van der Waals surface area (Å²) in [5.41, 5.74) is 0.128. The minimum atomic E-state index is -4.55. The predicted molar refractivity (Wildman–Crippen MR) is 116 cm³/mol. The van der Waals surface area contributed by atoms with E-state index < -0.39 is 17.6 Å². The van der Waals surface area contributed by atoms with Crippen molar-refractivity contribution in [2.75, 3.05) is 36.8 Å². The van der Waals surface area contributed by atoms with Crippen LogP contribution in [0.5, 0.6) is 0 Å². The van der Waals surface area contributed by atoms with Crippen molar-refractivity contribution in [3.8, 4) is 0 Å². The number of nitrogens with zero attached hydrogens (tertiary/aromatic N) is 1. The van der Waals surface area contributed by atoms with Gasteiger partial charge >= 0.3 is 6.18 Å². The number of nitrogens with one attached hydrogen (secondary N) is 2. The second-order valence-electron chi connectivity index (χ2n) is 6.83. The van der Waals surface area contributed by atoms with Crippen LogP contribution in [-0.2, 0) is 12.7 Å². The highest BCUT2D eigenvalue weighted by atomic mass is 35.5. The maximum Gasteiger partial charge on any atom is 0.418 e. The summed E-state index contributed by atoms with van der Waals surface area (Å²) in [4.78, 5) is 15.3. The van der Waals surface area contributed by atoms with Crippen LogP contribution in [0, 0.1) is 0 Å². The number of thioether (sulfide) groups is 1. The molecule has 1 fully saturated rings. The summed E-state index contributed by atoms with van der Waals surface area (Å²) in [5.74, 6) is 0.296. The van der Waals surface area contributed by atoms with Crippen molar-refractivity contribution in [2.24, 2.45) is 0 Å². The Labute approximate surface area is 183 Å². The van der Waals surface area contributed by atoms with Crippen molar-refractivity contribution in [1.82, 2.24) is 10.6 Å². The van der Waals surface area contributed by atoms with Gasteiger partial charge in [-0.1, -0.05) is 18.5 Å². The number of benzene rings is 2. The van der Waals surface area contributed by atoms with Crippen LogP contribution in [0.4, 0.5) is 18.9 Å². The number of amides is 1. The number of halogens is 4. The first-order valence-corrected chi connectivity index (χ1v) is 11.0. The van der Waals surface area contributed by atoms with Gasteiger partial charge in [-0.15, -0.1) is 11.8 Å². The van der Waals surface area contributed by atoms with Gasteiger partial charge in [0, 0.05) is 53.9 Å². The average molecular weight is 458 g/mol. The van der Waals surface area contributed by atoms with E-state index in [9.17, 15) is 18.0 Å². The second-order valence-corrected chi connectivity index (χ2v) is 8.58. The van der Waals surface area contributed by atoms with Gasteiger partial charge in [-0.25, -0.2) is 0 Å². The van der Waals surface area contributed by atoms with Crippen molar-refractivity contribution >= 4 is 35.0 Å². The third-order valence-corrected chi connectivity index (χ3v) is 6.02. The number of rotatable bonds is 6. The van der Waals surface area contributed by atoms with E-state index in [0.717, 1.165) is 22.3 Å². The van der Waals surface area contributed by atoms with Crippen molar-refractivity contribution < 1.29 is 18.0 Å². The van der Waals surface area contributed by atoms with E-state index in [4.69, 9.17) is 11.6 Å². The molecule has 2 N–H and O–H groups in total. The number of hydrogen-bond donors (Lipinski definition) is 2. The molecule has 1 aliphatic heterocycles. The minimum Gasteiger partial charge on any atom is -0.368 e. The SMILES string of the molecule is CCSc1ccc(Cl)cc1CNC(=O)c1ccc(N2CCNCC2)c(C(F)(F)F)c1.